The fourth-order valence-corrected chi connectivity index (χ4v) is 4.49. The van der Waals surface area contributed by atoms with Crippen molar-refractivity contribution in [1.29, 1.82) is 0 Å². The van der Waals surface area contributed by atoms with Crippen molar-refractivity contribution in [2.24, 2.45) is 5.92 Å². The molecular weight excluding hydrogens is 412 g/mol. The number of benzene rings is 1. The fraction of sp³-hybridized carbons (Fsp3) is 0.304. The molecule has 0 spiro atoms. The second-order valence-electron chi connectivity index (χ2n) is 7.62. The van der Waals surface area contributed by atoms with Gasteiger partial charge in [0.05, 0.1) is 12.2 Å². The number of amides is 2. The minimum absolute atomic E-state index is 0.0741. The number of hydrogen-bond donors (Lipinski definition) is 1. The predicted octanol–water partition coefficient (Wildman–Crippen LogP) is 4.33. The number of nitrogens with zero attached hydrogens (tertiary/aromatic N) is 3. The molecule has 8 heteroatoms. The number of anilines is 1. The molecule has 1 atom stereocenters. The standard InChI is InChI=1S/C23H24N4O3S/c1-15-13-16(2)25-23(24-15)31-19-9-7-18(8-10-19)26-21(28)17-5-3-11-27(14-17)22(29)20-6-4-12-30-20/h4,6-10,12-13,17H,3,5,11,14H2,1-2H3,(H,26,28)/t17-/m1/s1. The van der Waals surface area contributed by atoms with Gasteiger partial charge in [0.15, 0.2) is 10.9 Å². The lowest BCUT2D eigenvalue weighted by molar-refractivity contribution is -0.121. The first-order valence-corrected chi connectivity index (χ1v) is 11.0. The van der Waals surface area contributed by atoms with E-state index in [-0.39, 0.29) is 17.7 Å². The molecule has 1 fully saturated rings. The van der Waals surface area contributed by atoms with Gasteiger partial charge < -0.3 is 14.6 Å². The summed E-state index contributed by atoms with van der Waals surface area (Å²) < 4.78 is 5.20. The SMILES string of the molecule is Cc1cc(C)nc(Sc2ccc(NC(=O)[C@@H]3CCCN(C(=O)c4ccco4)C3)cc2)n1. The van der Waals surface area contributed by atoms with E-state index >= 15 is 0 Å². The third kappa shape index (κ3) is 5.32. The smallest absolute Gasteiger partial charge is 0.289 e. The Morgan fingerprint density at radius 3 is 2.55 bits per heavy atom. The van der Waals surface area contributed by atoms with Gasteiger partial charge >= 0.3 is 0 Å². The summed E-state index contributed by atoms with van der Waals surface area (Å²) in [4.78, 5) is 36.9. The minimum atomic E-state index is -0.245. The monoisotopic (exact) mass is 436 g/mol. The van der Waals surface area contributed by atoms with Crippen LogP contribution in [0, 0.1) is 19.8 Å². The van der Waals surface area contributed by atoms with Crippen LogP contribution in [0.5, 0.6) is 0 Å². The van der Waals surface area contributed by atoms with Crippen LogP contribution in [0.1, 0.15) is 34.8 Å². The summed E-state index contributed by atoms with van der Waals surface area (Å²) in [6, 6.07) is 12.9. The highest BCUT2D eigenvalue weighted by Gasteiger charge is 2.29. The van der Waals surface area contributed by atoms with E-state index < -0.39 is 0 Å². The van der Waals surface area contributed by atoms with Crippen LogP contribution >= 0.6 is 11.8 Å². The van der Waals surface area contributed by atoms with Crippen LogP contribution in [0.15, 0.2) is 63.2 Å². The number of likely N-dealkylation sites (tertiary alicyclic amines) is 1. The number of hydrogen-bond acceptors (Lipinski definition) is 6. The molecule has 2 amide bonds. The zero-order valence-electron chi connectivity index (χ0n) is 17.5. The first kappa shape index (κ1) is 21.1. The number of aryl methyl sites for hydroxylation is 2. The summed E-state index contributed by atoms with van der Waals surface area (Å²) >= 11 is 1.49. The minimum Gasteiger partial charge on any atom is -0.459 e. The Morgan fingerprint density at radius 1 is 1.13 bits per heavy atom. The van der Waals surface area contributed by atoms with Gasteiger partial charge in [0.25, 0.3) is 5.91 Å². The van der Waals surface area contributed by atoms with Crippen LogP contribution < -0.4 is 5.32 Å². The molecule has 1 saturated heterocycles. The van der Waals surface area contributed by atoms with Gasteiger partial charge in [-0.2, -0.15) is 0 Å². The van der Waals surface area contributed by atoms with Crippen molar-refractivity contribution < 1.29 is 14.0 Å². The highest BCUT2D eigenvalue weighted by molar-refractivity contribution is 7.99. The largest absolute Gasteiger partial charge is 0.459 e. The Hall–Kier alpha value is -3.13. The number of carbonyl (C=O) groups excluding carboxylic acids is 2. The van der Waals surface area contributed by atoms with Crippen LogP contribution in [0.2, 0.25) is 0 Å². The summed E-state index contributed by atoms with van der Waals surface area (Å²) in [6.07, 6.45) is 3.03. The van der Waals surface area contributed by atoms with E-state index in [0.717, 1.165) is 34.8 Å². The lowest BCUT2D eigenvalue weighted by Crippen LogP contribution is -2.43. The fourth-order valence-electron chi connectivity index (χ4n) is 3.63. The molecule has 7 nitrogen and oxygen atoms in total. The number of aromatic nitrogens is 2. The van der Waals surface area contributed by atoms with Crippen molar-refractivity contribution in [1.82, 2.24) is 14.9 Å². The molecule has 1 N–H and O–H groups in total. The topological polar surface area (TPSA) is 88.3 Å². The van der Waals surface area contributed by atoms with Crippen molar-refractivity contribution >= 4 is 29.3 Å². The van der Waals surface area contributed by atoms with E-state index in [1.165, 1.54) is 18.0 Å². The number of furan rings is 1. The van der Waals surface area contributed by atoms with Crippen molar-refractivity contribution in [3.05, 3.63) is 65.9 Å². The van der Waals surface area contributed by atoms with Crippen LogP contribution in [0.3, 0.4) is 0 Å². The second-order valence-corrected chi connectivity index (χ2v) is 8.66. The third-order valence-corrected chi connectivity index (χ3v) is 5.98. The molecule has 3 heterocycles. The van der Waals surface area contributed by atoms with Gasteiger partial charge in [-0.15, -0.1) is 0 Å². The average Bonchev–Trinajstić information content (AvgIpc) is 3.29. The number of carbonyl (C=O) groups is 2. The molecule has 0 saturated carbocycles. The number of piperidine rings is 1. The van der Waals surface area contributed by atoms with Gasteiger partial charge in [-0.3, -0.25) is 9.59 Å². The average molecular weight is 437 g/mol. The van der Waals surface area contributed by atoms with Crippen LogP contribution in [0.25, 0.3) is 0 Å². The molecule has 160 valence electrons. The zero-order valence-corrected chi connectivity index (χ0v) is 18.3. The molecule has 1 aliphatic heterocycles. The molecule has 1 aliphatic rings. The molecule has 0 unspecified atom stereocenters. The summed E-state index contributed by atoms with van der Waals surface area (Å²) in [5, 5.41) is 3.68. The molecule has 0 bridgehead atoms. The lowest BCUT2D eigenvalue weighted by Gasteiger charge is -2.31. The number of rotatable bonds is 5. The van der Waals surface area contributed by atoms with Crippen LogP contribution in [0.4, 0.5) is 5.69 Å². The second kappa shape index (κ2) is 9.34. The van der Waals surface area contributed by atoms with E-state index in [1.807, 2.05) is 44.2 Å². The van der Waals surface area contributed by atoms with Gasteiger partial charge in [-0.05, 0) is 80.9 Å². The van der Waals surface area contributed by atoms with E-state index in [2.05, 4.69) is 15.3 Å². The first-order valence-electron chi connectivity index (χ1n) is 10.2. The van der Waals surface area contributed by atoms with Crippen LogP contribution in [-0.4, -0.2) is 39.8 Å². The molecule has 31 heavy (non-hydrogen) atoms. The highest BCUT2D eigenvalue weighted by atomic mass is 32.2. The first-order chi connectivity index (χ1) is 15.0. The zero-order chi connectivity index (χ0) is 21.8. The highest BCUT2D eigenvalue weighted by Crippen LogP contribution is 2.27. The normalized spacial score (nSPS) is 16.2. The lowest BCUT2D eigenvalue weighted by atomic mass is 9.96. The van der Waals surface area contributed by atoms with Gasteiger partial charge in [0, 0.05) is 35.1 Å². The van der Waals surface area contributed by atoms with Gasteiger partial charge in [-0.25, -0.2) is 9.97 Å². The Labute approximate surface area is 185 Å². The maximum Gasteiger partial charge on any atom is 0.289 e. The number of nitrogens with one attached hydrogen (secondary N) is 1. The van der Waals surface area contributed by atoms with Crippen molar-refractivity contribution in [2.45, 2.75) is 36.7 Å². The Morgan fingerprint density at radius 2 is 1.87 bits per heavy atom. The molecule has 0 aliphatic carbocycles. The maximum atomic E-state index is 12.8. The Kier molecular flexibility index (Phi) is 6.36. The van der Waals surface area contributed by atoms with Gasteiger partial charge in [0.2, 0.25) is 5.91 Å². The third-order valence-electron chi connectivity index (χ3n) is 5.10. The van der Waals surface area contributed by atoms with Gasteiger partial charge in [-0.1, -0.05) is 0 Å². The van der Waals surface area contributed by atoms with E-state index in [0.29, 0.717) is 24.0 Å². The Bertz CT molecular complexity index is 1050. The Balaban J connectivity index is 1.35. The van der Waals surface area contributed by atoms with E-state index in [1.54, 1.807) is 17.0 Å². The van der Waals surface area contributed by atoms with E-state index in [4.69, 9.17) is 4.42 Å². The van der Waals surface area contributed by atoms with E-state index in [9.17, 15) is 9.59 Å². The molecule has 4 rings (SSSR count). The summed E-state index contributed by atoms with van der Waals surface area (Å²) in [6.45, 7) is 4.93. The van der Waals surface area contributed by atoms with Gasteiger partial charge in [0.1, 0.15) is 0 Å². The summed E-state index contributed by atoms with van der Waals surface area (Å²) in [7, 11) is 0. The molecule has 3 aromatic rings. The van der Waals surface area contributed by atoms with Crippen molar-refractivity contribution in [2.75, 3.05) is 18.4 Å². The predicted molar refractivity (Wildman–Crippen MR) is 118 cm³/mol. The molecule has 2 aromatic heterocycles. The van der Waals surface area contributed by atoms with Crippen molar-refractivity contribution in [3.8, 4) is 0 Å². The molecule has 1 aromatic carbocycles. The van der Waals surface area contributed by atoms with Crippen molar-refractivity contribution in [3.63, 3.8) is 0 Å². The molecular formula is C23H24N4O3S. The maximum absolute atomic E-state index is 12.8. The van der Waals surface area contributed by atoms with Crippen LogP contribution in [-0.2, 0) is 4.79 Å². The quantitative estimate of drug-likeness (QED) is 0.599. The summed E-state index contributed by atoms with van der Waals surface area (Å²) in [5.41, 5.74) is 2.60. The summed E-state index contributed by atoms with van der Waals surface area (Å²) in [5.74, 6) is -0.181. The molecule has 0 radical (unpaired) electrons.